The lowest BCUT2D eigenvalue weighted by atomic mass is 9.73. The maximum absolute atomic E-state index is 14.8. The Morgan fingerprint density at radius 3 is 2.01 bits per heavy atom. The number of H-pyrrole nitrogens is 1. The van der Waals surface area contributed by atoms with Crippen LogP contribution < -0.4 is 49.1 Å². The third-order valence-corrected chi connectivity index (χ3v) is 12.6. The zero-order chi connectivity index (χ0) is 47.8. The molecule has 1 aromatic heterocycles. The molecule has 356 valence electrons. The molecule has 4 aromatic rings. The fraction of sp³-hybridized carbons (Fsp3) is 0.429. The van der Waals surface area contributed by atoms with Gasteiger partial charge in [0.2, 0.25) is 41.4 Å². The summed E-state index contributed by atoms with van der Waals surface area (Å²) in [6.45, 7) is 0.361. The number of hydrogen-bond donors (Lipinski definition) is 10. The highest BCUT2D eigenvalue weighted by Gasteiger charge is 2.45. The third-order valence-electron chi connectivity index (χ3n) is 12.6. The van der Waals surface area contributed by atoms with Crippen LogP contribution in [0.4, 0.5) is 0 Å². The van der Waals surface area contributed by atoms with Gasteiger partial charge in [0, 0.05) is 55.9 Å². The van der Waals surface area contributed by atoms with E-state index < -0.39 is 65.1 Å². The lowest BCUT2D eigenvalue weighted by Gasteiger charge is -2.40. The summed E-state index contributed by atoms with van der Waals surface area (Å²) in [4.78, 5) is 105. The number of primary amides is 1. The molecule has 1 spiro atoms. The van der Waals surface area contributed by atoms with Crippen LogP contribution in [0.3, 0.4) is 0 Å². The van der Waals surface area contributed by atoms with Gasteiger partial charge in [-0.2, -0.15) is 0 Å². The first-order chi connectivity index (χ1) is 32.3. The molecule has 18 heteroatoms. The fourth-order valence-electron chi connectivity index (χ4n) is 8.88. The van der Waals surface area contributed by atoms with E-state index in [1.807, 2.05) is 72.8 Å². The van der Waals surface area contributed by atoms with Gasteiger partial charge in [0.15, 0.2) is 5.96 Å². The molecular weight excluding hydrogens is 855 g/mol. The molecule has 13 N–H and O–H groups in total. The van der Waals surface area contributed by atoms with Crippen LogP contribution in [0.1, 0.15) is 93.2 Å². The normalized spacial score (nSPS) is 24.3. The number of rotatable bonds is 10. The average molecular weight is 918 g/mol. The molecule has 3 aromatic carbocycles. The van der Waals surface area contributed by atoms with E-state index in [9.17, 15) is 33.6 Å². The second-order valence-corrected chi connectivity index (χ2v) is 17.5. The van der Waals surface area contributed by atoms with Crippen molar-refractivity contribution in [2.75, 3.05) is 13.1 Å². The molecule has 4 atom stereocenters. The fourth-order valence-corrected chi connectivity index (χ4v) is 8.88. The number of amides is 7. The summed E-state index contributed by atoms with van der Waals surface area (Å²) in [5, 5.41) is 18.0. The number of carbonyl (C=O) groups is 7. The number of carbonyl (C=O) groups excluding carboxylic acids is 7. The maximum Gasteiger partial charge on any atom is 0.246 e. The first-order valence-electron chi connectivity index (χ1n) is 23.1. The van der Waals surface area contributed by atoms with Gasteiger partial charge in [-0.05, 0) is 86.5 Å². The van der Waals surface area contributed by atoms with Crippen LogP contribution in [-0.4, -0.2) is 95.1 Å². The smallest absolute Gasteiger partial charge is 0.246 e. The Labute approximate surface area is 389 Å². The second kappa shape index (κ2) is 23.8. The molecule has 0 bridgehead atoms. The lowest BCUT2D eigenvalue weighted by Crippen LogP contribution is -2.64. The van der Waals surface area contributed by atoms with Crippen molar-refractivity contribution in [3.05, 3.63) is 108 Å². The van der Waals surface area contributed by atoms with Crippen LogP contribution >= 0.6 is 0 Å². The van der Waals surface area contributed by atoms with Gasteiger partial charge in [0.05, 0.1) is 0 Å². The monoisotopic (exact) mass is 917 g/mol. The second-order valence-electron chi connectivity index (χ2n) is 17.5. The Balaban J connectivity index is 1.34. The van der Waals surface area contributed by atoms with Gasteiger partial charge in [-0.1, -0.05) is 78.9 Å². The number of para-hydroxylation sites is 1. The van der Waals surface area contributed by atoms with Gasteiger partial charge in [-0.15, -0.1) is 0 Å². The average Bonchev–Trinajstić information content (AvgIpc) is 3.73. The Morgan fingerprint density at radius 2 is 1.30 bits per heavy atom. The van der Waals surface area contributed by atoms with Crippen LogP contribution in [0.15, 0.2) is 96.1 Å². The van der Waals surface area contributed by atoms with E-state index in [1.165, 1.54) is 0 Å². The third kappa shape index (κ3) is 14.1. The summed E-state index contributed by atoms with van der Waals surface area (Å²) in [5.41, 5.74) is 18.9. The van der Waals surface area contributed by atoms with Crippen molar-refractivity contribution in [3.63, 3.8) is 0 Å². The molecule has 67 heavy (non-hydrogen) atoms. The molecule has 1 aliphatic heterocycles. The topological polar surface area (TPSA) is 298 Å². The number of fused-ring (bicyclic) bond motifs is 1. The van der Waals surface area contributed by atoms with Crippen molar-refractivity contribution >= 4 is 58.2 Å². The predicted molar refractivity (Wildman–Crippen MR) is 254 cm³/mol. The molecule has 7 amide bonds. The highest BCUT2D eigenvalue weighted by molar-refractivity contribution is 5.98. The van der Waals surface area contributed by atoms with Gasteiger partial charge >= 0.3 is 0 Å². The van der Waals surface area contributed by atoms with Crippen LogP contribution in [-0.2, 0) is 46.4 Å². The quantitative estimate of drug-likeness (QED) is 0.0629. The number of aromatic amines is 1. The zero-order valence-corrected chi connectivity index (χ0v) is 37.7. The number of nitrogens with zero attached hydrogens (tertiary/aromatic N) is 1. The molecule has 4 unspecified atom stereocenters. The van der Waals surface area contributed by atoms with Crippen LogP contribution in [0.2, 0.25) is 0 Å². The van der Waals surface area contributed by atoms with Crippen LogP contribution in [0.5, 0.6) is 0 Å². The standard InChI is InChI=1S/C49H63N11O7/c50-43(63)37-18-9-10-26-53-41(61)20-21-42(62)60-49(24-22-33(23-25-49)32-14-5-2-6-15-32)47(67)59-39(28-31-12-3-1-4-13-31)45(65)57-38(19-11-27-54-48(51)52)44(64)58-40(46(66)56-37)29-34-30-55-36-17-8-7-16-35(34)36/h1-8,12-17,30,33,37-40,55H,9-11,18-29H2,(H2,50,63)(H,53,61)(H,56,66)(H,57,65)(H,58,64)(H,59,67)(H,60,62)(H4,51,52,54). The van der Waals surface area contributed by atoms with E-state index in [2.05, 4.69) is 41.9 Å². The molecule has 6 rings (SSSR count). The van der Waals surface area contributed by atoms with Crippen LogP contribution in [0.25, 0.3) is 10.9 Å². The lowest BCUT2D eigenvalue weighted by molar-refractivity contribution is -0.138. The van der Waals surface area contributed by atoms with E-state index in [-0.39, 0.29) is 88.7 Å². The molecule has 2 fully saturated rings. The Morgan fingerprint density at radius 1 is 0.672 bits per heavy atom. The van der Waals surface area contributed by atoms with Crippen molar-refractivity contribution < 1.29 is 33.6 Å². The van der Waals surface area contributed by atoms with E-state index in [0.29, 0.717) is 36.8 Å². The molecule has 18 nitrogen and oxygen atoms in total. The summed E-state index contributed by atoms with van der Waals surface area (Å²) in [5.74, 6) is -4.34. The van der Waals surface area contributed by atoms with E-state index in [0.717, 1.165) is 16.5 Å². The van der Waals surface area contributed by atoms with Gasteiger partial charge in [0.1, 0.15) is 29.7 Å². The number of aromatic nitrogens is 1. The van der Waals surface area contributed by atoms with Crippen molar-refractivity contribution in [1.29, 1.82) is 0 Å². The number of aliphatic imine (C=N–C) groups is 1. The zero-order valence-electron chi connectivity index (χ0n) is 37.7. The first-order valence-corrected chi connectivity index (χ1v) is 23.1. The largest absolute Gasteiger partial charge is 0.370 e. The minimum atomic E-state index is -1.42. The summed E-state index contributed by atoms with van der Waals surface area (Å²) in [6, 6.07) is 21.6. The number of guanidine groups is 1. The molecule has 1 saturated heterocycles. The Bertz CT molecular complexity index is 2380. The minimum absolute atomic E-state index is 0.000606. The molecule has 2 heterocycles. The SMILES string of the molecule is NC(=O)C1CCCCNC(=O)CCC(=O)NC2(CCC(c3ccccc3)CC2)C(=O)NC(Cc2ccccc2)C(=O)NC(CCCN=C(N)N)C(=O)NC(Cc2c[nH]c3ccccc23)C(=O)N1. The maximum atomic E-state index is 14.8. The Kier molecular flexibility index (Phi) is 17.5. The number of nitrogens with one attached hydrogen (secondary N) is 7. The predicted octanol–water partition coefficient (Wildman–Crippen LogP) is 1.72. The van der Waals surface area contributed by atoms with E-state index >= 15 is 0 Å². The van der Waals surface area contributed by atoms with Gasteiger partial charge in [0.25, 0.3) is 0 Å². The molecule has 1 aliphatic carbocycles. The highest BCUT2D eigenvalue weighted by Crippen LogP contribution is 2.38. The minimum Gasteiger partial charge on any atom is -0.370 e. The van der Waals surface area contributed by atoms with Crippen LogP contribution in [0, 0.1) is 0 Å². The van der Waals surface area contributed by atoms with Gasteiger partial charge in [-0.25, -0.2) is 0 Å². The summed E-state index contributed by atoms with van der Waals surface area (Å²) < 4.78 is 0. The van der Waals surface area contributed by atoms with E-state index in [1.54, 1.807) is 18.3 Å². The Hall–Kier alpha value is -7.24. The van der Waals surface area contributed by atoms with Gasteiger partial charge in [-0.3, -0.25) is 38.6 Å². The van der Waals surface area contributed by atoms with Crippen molar-refractivity contribution in [2.45, 2.75) is 119 Å². The molecule has 0 radical (unpaired) electrons. The van der Waals surface area contributed by atoms with Crippen molar-refractivity contribution in [1.82, 2.24) is 36.9 Å². The molecule has 1 saturated carbocycles. The number of nitrogens with two attached hydrogens (primary N) is 3. The molecular formula is C49H63N11O7. The number of benzene rings is 3. The van der Waals surface area contributed by atoms with Crippen molar-refractivity contribution in [2.24, 2.45) is 22.2 Å². The van der Waals surface area contributed by atoms with E-state index in [4.69, 9.17) is 17.2 Å². The highest BCUT2D eigenvalue weighted by atomic mass is 16.2. The summed E-state index contributed by atoms with van der Waals surface area (Å²) in [6.07, 6.45) is 4.33. The number of hydrogen-bond acceptors (Lipinski definition) is 8. The van der Waals surface area contributed by atoms with Gasteiger partial charge < -0.3 is 54.1 Å². The first kappa shape index (κ1) is 49.2. The van der Waals surface area contributed by atoms with Crippen molar-refractivity contribution in [3.8, 4) is 0 Å². The summed E-state index contributed by atoms with van der Waals surface area (Å²) in [7, 11) is 0. The molecule has 2 aliphatic rings. The summed E-state index contributed by atoms with van der Waals surface area (Å²) >= 11 is 0.